The van der Waals surface area contributed by atoms with Gasteiger partial charge in [0, 0.05) is 0 Å². The molecular formula is C14H24O3. The van der Waals surface area contributed by atoms with E-state index in [1.807, 2.05) is 0 Å². The van der Waals surface area contributed by atoms with Crippen molar-refractivity contribution >= 4 is 5.97 Å². The first-order valence-corrected chi connectivity index (χ1v) is 6.48. The largest absolute Gasteiger partial charge is 0.481 e. The lowest BCUT2D eigenvalue weighted by Gasteiger charge is -2.57. The molecule has 2 aliphatic carbocycles. The van der Waals surface area contributed by atoms with Crippen LogP contribution in [0.25, 0.3) is 0 Å². The van der Waals surface area contributed by atoms with Crippen LogP contribution in [0, 0.1) is 16.2 Å². The highest BCUT2D eigenvalue weighted by Crippen LogP contribution is 2.65. The van der Waals surface area contributed by atoms with Crippen LogP contribution in [0.2, 0.25) is 0 Å². The lowest BCUT2D eigenvalue weighted by Crippen LogP contribution is -2.62. The number of aliphatic carboxylic acids is 1. The average Bonchev–Trinajstić information content (AvgIpc) is 2.36. The topological polar surface area (TPSA) is 57.5 Å². The van der Waals surface area contributed by atoms with Crippen molar-refractivity contribution in [3.63, 3.8) is 0 Å². The Morgan fingerprint density at radius 3 is 1.76 bits per heavy atom. The van der Waals surface area contributed by atoms with Crippen LogP contribution in [0.3, 0.4) is 0 Å². The Kier molecular flexibility index (Phi) is 2.46. The van der Waals surface area contributed by atoms with Crippen molar-refractivity contribution in [2.75, 3.05) is 0 Å². The second kappa shape index (κ2) is 3.25. The molecule has 0 aromatic carbocycles. The van der Waals surface area contributed by atoms with Gasteiger partial charge in [0.1, 0.15) is 0 Å². The number of carbonyl (C=O) groups is 1. The highest BCUT2D eigenvalue weighted by atomic mass is 16.4. The quantitative estimate of drug-likeness (QED) is 0.780. The molecule has 0 amide bonds. The zero-order chi connectivity index (χ0) is 13.1. The standard InChI is InChI=1S/C14H24O3/c1-11(2)5-6-14(17,9-11)13(10(15)16)7-12(3,4)8-13/h17H,5-9H2,1-4H3,(H,15,16). The number of carboxylic acid groups (broad SMARTS) is 1. The lowest BCUT2D eigenvalue weighted by molar-refractivity contribution is -0.205. The zero-order valence-corrected chi connectivity index (χ0v) is 11.3. The maximum Gasteiger partial charge on any atom is 0.312 e. The van der Waals surface area contributed by atoms with Crippen LogP contribution in [0.5, 0.6) is 0 Å². The summed E-state index contributed by atoms with van der Waals surface area (Å²) in [6.45, 7) is 8.39. The molecule has 0 aliphatic heterocycles. The van der Waals surface area contributed by atoms with Crippen molar-refractivity contribution in [1.29, 1.82) is 0 Å². The van der Waals surface area contributed by atoms with E-state index >= 15 is 0 Å². The number of hydrogen-bond donors (Lipinski definition) is 2. The van der Waals surface area contributed by atoms with Gasteiger partial charge in [0.15, 0.2) is 0 Å². The predicted molar refractivity (Wildman–Crippen MR) is 65.7 cm³/mol. The van der Waals surface area contributed by atoms with Gasteiger partial charge in [-0.15, -0.1) is 0 Å². The summed E-state index contributed by atoms with van der Waals surface area (Å²) in [7, 11) is 0. The summed E-state index contributed by atoms with van der Waals surface area (Å²) >= 11 is 0. The molecule has 2 saturated carbocycles. The molecule has 98 valence electrons. The second-order valence-electron chi connectivity index (χ2n) is 7.78. The summed E-state index contributed by atoms with van der Waals surface area (Å²) in [5.41, 5.74) is -1.78. The van der Waals surface area contributed by atoms with Gasteiger partial charge in [-0.1, -0.05) is 27.7 Å². The van der Waals surface area contributed by atoms with E-state index in [4.69, 9.17) is 0 Å². The third-order valence-electron chi connectivity index (χ3n) is 4.85. The SMILES string of the molecule is CC1(C)CCC(O)(C2(C(=O)O)CC(C)(C)C2)C1. The molecule has 2 rings (SSSR count). The first kappa shape index (κ1) is 12.9. The minimum Gasteiger partial charge on any atom is -0.481 e. The summed E-state index contributed by atoms with van der Waals surface area (Å²) in [5.74, 6) is -0.808. The highest BCUT2D eigenvalue weighted by molar-refractivity contribution is 5.78. The van der Waals surface area contributed by atoms with E-state index in [0.29, 0.717) is 25.7 Å². The van der Waals surface area contributed by atoms with Crippen LogP contribution in [0.1, 0.15) is 59.8 Å². The fraction of sp³-hybridized carbons (Fsp3) is 0.929. The van der Waals surface area contributed by atoms with E-state index in [9.17, 15) is 15.0 Å². The monoisotopic (exact) mass is 240 g/mol. The first-order chi connectivity index (χ1) is 7.52. The summed E-state index contributed by atoms with van der Waals surface area (Å²) in [6, 6.07) is 0. The minimum atomic E-state index is -1.00. The number of hydrogen-bond acceptors (Lipinski definition) is 2. The molecule has 0 saturated heterocycles. The van der Waals surface area contributed by atoms with E-state index in [0.717, 1.165) is 6.42 Å². The Labute approximate surface area is 103 Å². The van der Waals surface area contributed by atoms with Crippen molar-refractivity contribution in [2.45, 2.75) is 65.4 Å². The summed E-state index contributed by atoms with van der Waals surface area (Å²) in [4.78, 5) is 11.6. The van der Waals surface area contributed by atoms with Crippen molar-refractivity contribution in [3.05, 3.63) is 0 Å². The van der Waals surface area contributed by atoms with E-state index in [-0.39, 0.29) is 10.8 Å². The Morgan fingerprint density at radius 2 is 1.47 bits per heavy atom. The third kappa shape index (κ3) is 1.79. The van der Waals surface area contributed by atoms with Gasteiger partial charge < -0.3 is 10.2 Å². The van der Waals surface area contributed by atoms with E-state index < -0.39 is 17.0 Å². The molecule has 2 fully saturated rings. The minimum absolute atomic E-state index is 0.0564. The normalized spacial score (nSPS) is 37.5. The molecule has 1 unspecified atom stereocenters. The molecule has 2 aliphatic rings. The fourth-order valence-corrected chi connectivity index (χ4v) is 4.18. The smallest absolute Gasteiger partial charge is 0.312 e. The van der Waals surface area contributed by atoms with Gasteiger partial charge in [0.05, 0.1) is 11.0 Å². The molecule has 0 heterocycles. The van der Waals surface area contributed by atoms with Crippen LogP contribution in [-0.2, 0) is 4.79 Å². The van der Waals surface area contributed by atoms with Gasteiger partial charge in [0.2, 0.25) is 0 Å². The number of carboxylic acids is 1. The Hall–Kier alpha value is -0.570. The van der Waals surface area contributed by atoms with Crippen LogP contribution >= 0.6 is 0 Å². The summed E-state index contributed by atoms with van der Waals surface area (Å²) in [5, 5.41) is 20.4. The summed E-state index contributed by atoms with van der Waals surface area (Å²) in [6.07, 6.45) is 3.35. The van der Waals surface area contributed by atoms with Gasteiger partial charge in [0.25, 0.3) is 0 Å². The fourth-order valence-electron chi connectivity index (χ4n) is 4.18. The number of aliphatic hydroxyl groups is 1. The number of rotatable bonds is 2. The van der Waals surface area contributed by atoms with Crippen molar-refractivity contribution in [1.82, 2.24) is 0 Å². The van der Waals surface area contributed by atoms with Gasteiger partial charge in [-0.05, 0) is 42.9 Å². The molecule has 0 spiro atoms. The summed E-state index contributed by atoms with van der Waals surface area (Å²) < 4.78 is 0. The molecule has 3 heteroatoms. The highest BCUT2D eigenvalue weighted by Gasteiger charge is 2.67. The molecule has 0 bridgehead atoms. The van der Waals surface area contributed by atoms with Crippen LogP contribution in [-0.4, -0.2) is 21.8 Å². The van der Waals surface area contributed by atoms with Gasteiger partial charge >= 0.3 is 5.97 Å². The molecule has 3 nitrogen and oxygen atoms in total. The molecule has 17 heavy (non-hydrogen) atoms. The first-order valence-electron chi connectivity index (χ1n) is 6.48. The van der Waals surface area contributed by atoms with Crippen molar-refractivity contribution in [3.8, 4) is 0 Å². The molecule has 0 aromatic heterocycles. The van der Waals surface area contributed by atoms with Gasteiger partial charge in [-0.3, -0.25) is 4.79 Å². The maximum absolute atomic E-state index is 11.6. The average molecular weight is 240 g/mol. The van der Waals surface area contributed by atoms with Crippen molar-refractivity contribution in [2.24, 2.45) is 16.2 Å². The van der Waals surface area contributed by atoms with E-state index in [2.05, 4.69) is 27.7 Å². The van der Waals surface area contributed by atoms with Gasteiger partial charge in [-0.25, -0.2) is 0 Å². The second-order valence-corrected chi connectivity index (χ2v) is 7.78. The molecule has 1 atom stereocenters. The van der Waals surface area contributed by atoms with E-state index in [1.54, 1.807) is 0 Å². The molecule has 2 N–H and O–H groups in total. The molecule has 0 radical (unpaired) electrons. The predicted octanol–water partition coefficient (Wildman–Crippen LogP) is 2.82. The van der Waals surface area contributed by atoms with Crippen molar-refractivity contribution < 1.29 is 15.0 Å². The van der Waals surface area contributed by atoms with Gasteiger partial charge in [-0.2, -0.15) is 0 Å². The molecular weight excluding hydrogens is 216 g/mol. The third-order valence-corrected chi connectivity index (χ3v) is 4.85. The van der Waals surface area contributed by atoms with Crippen LogP contribution < -0.4 is 0 Å². The lowest BCUT2D eigenvalue weighted by atomic mass is 9.47. The van der Waals surface area contributed by atoms with Crippen LogP contribution in [0.15, 0.2) is 0 Å². The zero-order valence-electron chi connectivity index (χ0n) is 11.3. The Balaban J connectivity index is 2.28. The maximum atomic E-state index is 11.6. The van der Waals surface area contributed by atoms with Crippen LogP contribution in [0.4, 0.5) is 0 Å². The van der Waals surface area contributed by atoms with E-state index in [1.165, 1.54) is 0 Å². The Bertz CT molecular complexity index is 348. The Morgan fingerprint density at radius 1 is 0.941 bits per heavy atom. The molecule has 0 aromatic rings.